The second-order valence-corrected chi connectivity index (χ2v) is 6.80. The fraction of sp³-hybridized carbons (Fsp3) is 0.471. The van der Waals surface area contributed by atoms with E-state index in [0.717, 1.165) is 0 Å². The van der Waals surface area contributed by atoms with E-state index in [4.69, 9.17) is 37.9 Å². The number of carbonyl (C=O) groups is 2. The van der Waals surface area contributed by atoms with Gasteiger partial charge in [0.1, 0.15) is 11.3 Å². The molecule has 1 aromatic rings. The predicted octanol–water partition coefficient (Wildman–Crippen LogP) is 3.36. The number of benzene rings is 1. The number of rotatable bonds is 7. The highest BCUT2D eigenvalue weighted by Crippen LogP contribution is 2.28. The van der Waals surface area contributed by atoms with Crippen LogP contribution in [0.5, 0.6) is 5.75 Å². The summed E-state index contributed by atoms with van der Waals surface area (Å²) in [5.74, 6) is -1.13. The monoisotopic (exact) mass is 386 g/mol. The Morgan fingerprint density at radius 3 is 2.48 bits per heavy atom. The van der Waals surface area contributed by atoms with Gasteiger partial charge in [-0.1, -0.05) is 37.0 Å². The lowest BCUT2D eigenvalue weighted by Crippen LogP contribution is -2.50. The molecule has 2 atom stereocenters. The van der Waals surface area contributed by atoms with E-state index in [1.807, 2.05) is 6.07 Å². The fourth-order valence-corrected chi connectivity index (χ4v) is 2.14. The number of nitrogens with zero attached hydrogens (tertiary/aromatic N) is 1. The number of esters is 1. The quantitative estimate of drug-likeness (QED) is 0.725. The maximum atomic E-state index is 11.9. The van der Waals surface area contributed by atoms with Crippen LogP contribution in [0, 0.1) is 17.2 Å². The van der Waals surface area contributed by atoms with Crippen molar-refractivity contribution in [2.24, 2.45) is 5.92 Å². The molecule has 0 saturated carbocycles. The van der Waals surface area contributed by atoms with Crippen LogP contribution in [-0.2, 0) is 14.3 Å². The second kappa shape index (κ2) is 8.93. The van der Waals surface area contributed by atoms with Crippen molar-refractivity contribution in [2.75, 3.05) is 6.61 Å². The molecule has 0 fully saturated rings. The van der Waals surface area contributed by atoms with Crippen LogP contribution in [0.15, 0.2) is 18.2 Å². The van der Waals surface area contributed by atoms with Gasteiger partial charge in [-0.3, -0.25) is 4.79 Å². The molecule has 6 nitrogen and oxygen atoms in total. The zero-order valence-corrected chi connectivity index (χ0v) is 15.9. The molecule has 25 heavy (non-hydrogen) atoms. The summed E-state index contributed by atoms with van der Waals surface area (Å²) in [6, 6.07) is 6.63. The van der Waals surface area contributed by atoms with Gasteiger partial charge in [-0.25, -0.2) is 4.79 Å². The SMILES string of the molecule is CC(C)[C@@](C)(C#N)NC(=O)COC(=O)[C@H](C)Oc1ccc(Cl)cc1Cl. The molecule has 0 aromatic heterocycles. The lowest BCUT2D eigenvalue weighted by Gasteiger charge is -2.27. The third kappa shape index (κ3) is 6.11. The van der Waals surface area contributed by atoms with E-state index in [1.165, 1.54) is 19.1 Å². The molecule has 8 heteroatoms. The summed E-state index contributed by atoms with van der Waals surface area (Å²) in [4.78, 5) is 23.8. The largest absolute Gasteiger partial charge is 0.477 e. The van der Waals surface area contributed by atoms with E-state index in [-0.39, 0.29) is 16.7 Å². The van der Waals surface area contributed by atoms with Crippen LogP contribution < -0.4 is 10.1 Å². The first-order valence-corrected chi connectivity index (χ1v) is 8.35. The number of nitrogens with one attached hydrogen (secondary N) is 1. The zero-order chi connectivity index (χ0) is 19.2. The first kappa shape index (κ1) is 21.1. The Labute approximate surface area is 157 Å². The van der Waals surface area contributed by atoms with Crippen molar-refractivity contribution in [3.8, 4) is 11.8 Å². The molecule has 0 spiro atoms. The van der Waals surface area contributed by atoms with Gasteiger partial charge in [-0.2, -0.15) is 5.26 Å². The normalized spacial score (nSPS) is 14.2. The molecule has 0 saturated heterocycles. The number of halogens is 2. The van der Waals surface area contributed by atoms with Gasteiger partial charge in [-0.15, -0.1) is 0 Å². The minimum Gasteiger partial charge on any atom is -0.477 e. The Morgan fingerprint density at radius 2 is 1.96 bits per heavy atom. The summed E-state index contributed by atoms with van der Waals surface area (Å²) in [6.45, 7) is 6.18. The number of nitriles is 1. The van der Waals surface area contributed by atoms with E-state index in [1.54, 1.807) is 26.8 Å². The third-order valence-corrected chi connectivity index (χ3v) is 4.19. The molecule has 0 aliphatic rings. The Kier molecular flexibility index (Phi) is 7.53. The first-order chi connectivity index (χ1) is 11.6. The van der Waals surface area contributed by atoms with Crippen molar-refractivity contribution in [1.29, 1.82) is 5.26 Å². The van der Waals surface area contributed by atoms with E-state index in [2.05, 4.69) is 5.32 Å². The van der Waals surface area contributed by atoms with Gasteiger partial charge in [0.2, 0.25) is 0 Å². The highest BCUT2D eigenvalue weighted by Gasteiger charge is 2.30. The summed E-state index contributed by atoms with van der Waals surface area (Å²) in [5, 5.41) is 12.4. The maximum absolute atomic E-state index is 11.9. The maximum Gasteiger partial charge on any atom is 0.347 e. The second-order valence-electron chi connectivity index (χ2n) is 5.96. The van der Waals surface area contributed by atoms with E-state index in [9.17, 15) is 9.59 Å². The third-order valence-electron chi connectivity index (χ3n) is 3.66. The minimum atomic E-state index is -1.04. The molecule has 0 heterocycles. The summed E-state index contributed by atoms with van der Waals surface area (Å²) in [5.41, 5.74) is -1.04. The van der Waals surface area contributed by atoms with Crippen LogP contribution in [0.25, 0.3) is 0 Å². The number of amides is 1. The first-order valence-electron chi connectivity index (χ1n) is 7.59. The molecule has 1 amide bonds. The summed E-state index contributed by atoms with van der Waals surface area (Å²) >= 11 is 11.8. The fourth-order valence-electron chi connectivity index (χ4n) is 1.69. The summed E-state index contributed by atoms with van der Waals surface area (Å²) < 4.78 is 10.3. The number of hydrogen-bond donors (Lipinski definition) is 1. The van der Waals surface area contributed by atoms with Crippen LogP contribution in [0.1, 0.15) is 27.7 Å². The molecule has 0 aliphatic heterocycles. The van der Waals surface area contributed by atoms with Gasteiger partial charge in [-0.05, 0) is 38.0 Å². The predicted molar refractivity (Wildman–Crippen MR) is 94.5 cm³/mol. The van der Waals surface area contributed by atoms with Crippen molar-refractivity contribution < 1.29 is 19.1 Å². The van der Waals surface area contributed by atoms with Crippen molar-refractivity contribution in [2.45, 2.75) is 39.3 Å². The van der Waals surface area contributed by atoms with Gasteiger partial charge >= 0.3 is 5.97 Å². The Balaban J connectivity index is 2.56. The number of hydrogen-bond acceptors (Lipinski definition) is 5. The molecule has 1 N–H and O–H groups in total. The molecule has 1 aromatic carbocycles. The number of carbonyl (C=O) groups excluding carboxylic acids is 2. The molecule has 0 bridgehead atoms. The van der Waals surface area contributed by atoms with E-state index >= 15 is 0 Å². The average Bonchev–Trinajstić information content (AvgIpc) is 2.54. The summed E-state index contributed by atoms with van der Waals surface area (Å²) in [6.07, 6.45) is -0.973. The Bertz CT molecular complexity index is 688. The lowest BCUT2D eigenvalue weighted by atomic mass is 9.90. The molecular formula is C17H20Cl2N2O4. The van der Waals surface area contributed by atoms with Gasteiger partial charge < -0.3 is 14.8 Å². The summed E-state index contributed by atoms with van der Waals surface area (Å²) in [7, 11) is 0. The molecule has 0 radical (unpaired) electrons. The van der Waals surface area contributed by atoms with Crippen LogP contribution in [0.2, 0.25) is 10.0 Å². The Morgan fingerprint density at radius 1 is 1.32 bits per heavy atom. The van der Waals surface area contributed by atoms with Crippen LogP contribution in [0.4, 0.5) is 0 Å². The van der Waals surface area contributed by atoms with E-state index < -0.39 is 30.1 Å². The van der Waals surface area contributed by atoms with Crippen molar-refractivity contribution in [3.05, 3.63) is 28.2 Å². The van der Waals surface area contributed by atoms with Gasteiger partial charge in [0.15, 0.2) is 12.7 Å². The topological polar surface area (TPSA) is 88.4 Å². The van der Waals surface area contributed by atoms with Crippen LogP contribution >= 0.6 is 23.2 Å². The van der Waals surface area contributed by atoms with E-state index in [0.29, 0.717) is 5.02 Å². The average molecular weight is 387 g/mol. The standard InChI is InChI=1S/C17H20Cl2N2O4/c1-10(2)17(4,9-20)21-15(22)8-24-16(23)11(3)25-14-6-5-12(18)7-13(14)19/h5-7,10-11H,8H2,1-4H3,(H,21,22)/t11-,17+/m0/s1. The smallest absolute Gasteiger partial charge is 0.347 e. The highest BCUT2D eigenvalue weighted by molar-refractivity contribution is 6.35. The zero-order valence-electron chi connectivity index (χ0n) is 14.4. The molecule has 0 aliphatic carbocycles. The molecular weight excluding hydrogens is 367 g/mol. The highest BCUT2D eigenvalue weighted by atomic mass is 35.5. The molecule has 0 unspecified atom stereocenters. The molecule has 136 valence electrons. The van der Waals surface area contributed by atoms with Gasteiger partial charge in [0.05, 0.1) is 11.1 Å². The van der Waals surface area contributed by atoms with Crippen LogP contribution in [0.3, 0.4) is 0 Å². The Hall–Kier alpha value is -1.97. The van der Waals surface area contributed by atoms with Crippen molar-refractivity contribution in [1.82, 2.24) is 5.32 Å². The lowest BCUT2D eigenvalue weighted by molar-refractivity contribution is -0.155. The molecule has 1 rings (SSSR count). The van der Waals surface area contributed by atoms with Crippen molar-refractivity contribution in [3.63, 3.8) is 0 Å². The van der Waals surface area contributed by atoms with Crippen molar-refractivity contribution >= 4 is 35.1 Å². The minimum absolute atomic E-state index is 0.105. The van der Waals surface area contributed by atoms with Crippen LogP contribution in [-0.4, -0.2) is 30.1 Å². The van der Waals surface area contributed by atoms with Gasteiger partial charge in [0.25, 0.3) is 5.91 Å². The number of ether oxygens (including phenoxy) is 2. The van der Waals surface area contributed by atoms with Gasteiger partial charge in [0, 0.05) is 5.02 Å².